The number of hydroxylamine groups is 2. The lowest BCUT2D eigenvalue weighted by molar-refractivity contribution is -0.174. The SMILES string of the molecule is CC(C)(C)OC(=O)N1C=C(Br)CCC1C(=O)ON1C(=O)c2ccccc2C1=O. The molecule has 148 valence electrons. The van der Waals surface area contributed by atoms with Gasteiger partial charge in [-0.2, -0.15) is 0 Å². The lowest BCUT2D eigenvalue weighted by atomic mass is 10.1. The first-order valence-electron chi connectivity index (χ1n) is 8.65. The highest BCUT2D eigenvalue weighted by Crippen LogP contribution is 2.29. The molecule has 0 N–H and O–H groups in total. The third-order valence-corrected chi connectivity index (χ3v) is 4.69. The molecule has 0 radical (unpaired) electrons. The van der Waals surface area contributed by atoms with Gasteiger partial charge in [0.25, 0.3) is 11.8 Å². The largest absolute Gasteiger partial charge is 0.443 e. The van der Waals surface area contributed by atoms with Gasteiger partial charge < -0.3 is 9.57 Å². The van der Waals surface area contributed by atoms with E-state index in [4.69, 9.17) is 9.57 Å². The van der Waals surface area contributed by atoms with E-state index < -0.39 is 35.5 Å². The van der Waals surface area contributed by atoms with Crippen LogP contribution in [0.1, 0.15) is 54.3 Å². The minimum absolute atomic E-state index is 0.163. The molecular formula is C19H19BrN2O6. The van der Waals surface area contributed by atoms with Gasteiger partial charge in [0, 0.05) is 10.7 Å². The molecule has 1 aromatic carbocycles. The highest BCUT2D eigenvalue weighted by Gasteiger charge is 2.42. The molecule has 0 spiro atoms. The fraction of sp³-hybridized carbons (Fsp3) is 0.368. The van der Waals surface area contributed by atoms with Crippen LogP contribution in [-0.4, -0.2) is 45.5 Å². The maximum absolute atomic E-state index is 12.7. The molecule has 0 bridgehead atoms. The summed E-state index contributed by atoms with van der Waals surface area (Å²) in [5, 5.41) is 0.438. The zero-order valence-electron chi connectivity index (χ0n) is 15.6. The van der Waals surface area contributed by atoms with Gasteiger partial charge in [0.1, 0.15) is 11.6 Å². The topological polar surface area (TPSA) is 93.2 Å². The van der Waals surface area contributed by atoms with Gasteiger partial charge in [0.15, 0.2) is 0 Å². The molecule has 0 saturated carbocycles. The van der Waals surface area contributed by atoms with Crippen LogP contribution in [0.15, 0.2) is 34.9 Å². The van der Waals surface area contributed by atoms with Crippen LogP contribution in [0, 0.1) is 0 Å². The van der Waals surface area contributed by atoms with Crippen molar-refractivity contribution in [2.24, 2.45) is 0 Å². The summed E-state index contributed by atoms with van der Waals surface area (Å²) in [7, 11) is 0. The summed E-state index contributed by atoms with van der Waals surface area (Å²) in [5.74, 6) is -2.33. The number of allylic oxidation sites excluding steroid dienone is 1. The minimum Gasteiger partial charge on any atom is -0.443 e. The average Bonchev–Trinajstić information content (AvgIpc) is 2.85. The molecule has 1 aromatic rings. The summed E-state index contributed by atoms with van der Waals surface area (Å²) in [4.78, 5) is 56.2. The molecular weight excluding hydrogens is 432 g/mol. The second-order valence-electron chi connectivity index (χ2n) is 7.38. The highest BCUT2D eigenvalue weighted by atomic mass is 79.9. The molecule has 1 atom stereocenters. The molecule has 2 aliphatic heterocycles. The molecule has 0 saturated heterocycles. The molecule has 0 aliphatic carbocycles. The molecule has 3 amide bonds. The average molecular weight is 451 g/mol. The van der Waals surface area contributed by atoms with E-state index in [0.717, 1.165) is 4.90 Å². The van der Waals surface area contributed by atoms with Crippen LogP contribution in [0.3, 0.4) is 0 Å². The van der Waals surface area contributed by atoms with E-state index in [9.17, 15) is 19.2 Å². The molecule has 8 nitrogen and oxygen atoms in total. The molecule has 9 heteroatoms. The van der Waals surface area contributed by atoms with Crippen LogP contribution in [0.25, 0.3) is 0 Å². The number of hydrogen-bond acceptors (Lipinski definition) is 6. The Morgan fingerprint density at radius 2 is 1.68 bits per heavy atom. The Kier molecular flexibility index (Phi) is 5.29. The number of hydrogen-bond donors (Lipinski definition) is 0. The Bertz CT molecular complexity index is 854. The van der Waals surface area contributed by atoms with Crippen LogP contribution in [0.2, 0.25) is 0 Å². The third kappa shape index (κ3) is 3.94. The molecule has 0 aromatic heterocycles. The van der Waals surface area contributed by atoms with Crippen molar-refractivity contribution in [2.45, 2.75) is 45.3 Å². The maximum Gasteiger partial charge on any atom is 0.415 e. The first-order chi connectivity index (χ1) is 13.1. The van der Waals surface area contributed by atoms with Crippen molar-refractivity contribution in [3.05, 3.63) is 46.1 Å². The van der Waals surface area contributed by atoms with Crippen LogP contribution >= 0.6 is 15.9 Å². The van der Waals surface area contributed by atoms with Gasteiger partial charge in [-0.15, -0.1) is 0 Å². The monoisotopic (exact) mass is 450 g/mol. The quantitative estimate of drug-likeness (QED) is 0.641. The van der Waals surface area contributed by atoms with Gasteiger partial charge in [-0.3, -0.25) is 14.5 Å². The normalized spacial score (nSPS) is 19.3. The van der Waals surface area contributed by atoms with Crippen molar-refractivity contribution in [3.63, 3.8) is 0 Å². The summed E-state index contributed by atoms with van der Waals surface area (Å²) < 4.78 is 6.05. The zero-order chi connectivity index (χ0) is 20.6. The minimum atomic E-state index is -1.03. The summed E-state index contributed by atoms with van der Waals surface area (Å²) in [6.45, 7) is 5.12. The molecule has 2 heterocycles. The summed E-state index contributed by atoms with van der Waals surface area (Å²) in [6, 6.07) is 5.17. The number of fused-ring (bicyclic) bond motifs is 1. The number of halogens is 1. The van der Waals surface area contributed by atoms with Crippen molar-refractivity contribution >= 4 is 39.8 Å². The van der Waals surface area contributed by atoms with Crippen molar-refractivity contribution < 1.29 is 28.8 Å². The van der Waals surface area contributed by atoms with E-state index >= 15 is 0 Å². The second kappa shape index (κ2) is 7.38. The zero-order valence-corrected chi connectivity index (χ0v) is 17.2. The molecule has 28 heavy (non-hydrogen) atoms. The van der Waals surface area contributed by atoms with Gasteiger partial charge >= 0.3 is 12.1 Å². The second-order valence-corrected chi connectivity index (χ2v) is 8.40. The van der Waals surface area contributed by atoms with E-state index in [2.05, 4.69) is 15.9 Å². The lowest BCUT2D eigenvalue weighted by Crippen LogP contribution is -2.48. The van der Waals surface area contributed by atoms with Crippen LogP contribution in [-0.2, 0) is 14.4 Å². The number of amides is 3. The number of benzene rings is 1. The van der Waals surface area contributed by atoms with Gasteiger partial charge in [-0.1, -0.05) is 33.1 Å². The van der Waals surface area contributed by atoms with Gasteiger partial charge in [-0.05, 0) is 45.7 Å². The lowest BCUT2D eigenvalue weighted by Gasteiger charge is -2.33. The smallest absolute Gasteiger partial charge is 0.415 e. The van der Waals surface area contributed by atoms with Crippen LogP contribution in [0.5, 0.6) is 0 Å². The van der Waals surface area contributed by atoms with Crippen LogP contribution < -0.4 is 0 Å². The molecule has 0 fully saturated rings. The molecule has 3 rings (SSSR count). The van der Waals surface area contributed by atoms with Crippen molar-refractivity contribution in [1.29, 1.82) is 0 Å². The Hall–Kier alpha value is -2.68. The number of imide groups is 1. The predicted octanol–water partition coefficient (Wildman–Crippen LogP) is 3.38. The van der Waals surface area contributed by atoms with Crippen LogP contribution in [0.4, 0.5) is 4.79 Å². The fourth-order valence-electron chi connectivity index (χ4n) is 2.85. The van der Waals surface area contributed by atoms with Crippen molar-refractivity contribution in [3.8, 4) is 0 Å². The molecule has 2 aliphatic rings. The number of rotatable bonds is 2. The number of nitrogens with zero attached hydrogens (tertiary/aromatic N) is 2. The number of carbonyl (C=O) groups excluding carboxylic acids is 4. The van der Waals surface area contributed by atoms with E-state index in [1.807, 2.05) is 0 Å². The third-order valence-electron chi connectivity index (χ3n) is 4.09. The van der Waals surface area contributed by atoms with E-state index in [0.29, 0.717) is 16.0 Å². The van der Waals surface area contributed by atoms with E-state index in [1.54, 1.807) is 32.9 Å². The standard InChI is InChI=1S/C19H19BrN2O6/c1-19(2,3)27-18(26)21-10-11(20)8-9-14(21)17(25)28-22-15(23)12-6-4-5-7-13(12)16(22)24/h4-7,10,14H,8-9H2,1-3H3. The van der Waals surface area contributed by atoms with E-state index in [-0.39, 0.29) is 17.5 Å². The van der Waals surface area contributed by atoms with Gasteiger partial charge in [0.2, 0.25) is 0 Å². The predicted molar refractivity (Wildman–Crippen MR) is 101 cm³/mol. The number of ether oxygens (including phenoxy) is 1. The Labute approximate surface area is 170 Å². The summed E-state index contributed by atoms with van der Waals surface area (Å²) in [6.07, 6.45) is 1.46. The van der Waals surface area contributed by atoms with Crippen molar-refractivity contribution in [2.75, 3.05) is 0 Å². The fourth-order valence-corrected chi connectivity index (χ4v) is 3.30. The summed E-state index contributed by atoms with van der Waals surface area (Å²) in [5.41, 5.74) is -0.433. The highest BCUT2D eigenvalue weighted by molar-refractivity contribution is 9.11. The Morgan fingerprint density at radius 1 is 1.11 bits per heavy atom. The van der Waals surface area contributed by atoms with Crippen molar-refractivity contribution in [1.82, 2.24) is 9.96 Å². The van der Waals surface area contributed by atoms with Gasteiger partial charge in [0.05, 0.1) is 11.1 Å². The van der Waals surface area contributed by atoms with E-state index in [1.165, 1.54) is 18.3 Å². The summed E-state index contributed by atoms with van der Waals surface area (Å²) >= 11 is 3.32. The number of carbonyl (C=O) groups is 4. The Balaban J connectivity index is 1.79. The van der Waals surface area contributed by atoms with Gasteiger partial charge in [-0.25, -0.2) is 9.59 Å². The molecule has 1 unspecified atom stereocenters. The first-order valence-corrected chi connectivity index (χ1v) is 9.45. The Morgan fingerprint density at radius 3 is 2.21 bits per heavy atom. The maximum atomic E-state index is 12.7. The first kappa shape index (κ1) is 20.1.